The summed E-state index contributed by atoms with van der Waals surface area (Å²) in [5, 5.41) is 9.53. The van der Waals surface area contributed by atoms with E-state index in [1.165, 1.54) is 16.8 Å². The summed E-state index contributed by atoms with van der Waals surface area (Å²) in [5.74, 6) is 0. The monoisotopic (exact) mass is 445 g/mol. The van der Waals surface area contributed by atoms with E-state index >= 15 is 0 Å². The fourth-order valence-corrected chi connectivity index (χ4v) is 4.85. The van der Waals surface area contributed by atoms with Gasteiger partial charge in [0.2, 0.25) is 10.0 Å². The van der Waals surface area contributed by atoms with Gasteiger partial charge in [-0.3, -0.25) is 9.48 Å². The zero-order chi connectivity index (χ0) is 22.4. The van der Waals surface area contributed by atoms with E-state index in [2.05, 4.69) is 14.9 Å². The van der Waals surface area contributed by atoms with E-state index in [0.717, 1.165) is 18.4 Å². The van der Waals surface area contributed by atoms with Crippen LogP contribution in [0.15, 0.2) is 40.3 Å². The summed E-state index contributed by atoms with van der Waals surface area (Å²) in [6.07, 6.45) is 5.07. The van der Waals surface area contributed by atoms with Gasteiger partial charge in [0.15, 0.2) is 0 Å². The molecule has 1 aliphatic rings. The van der Waals surface area contributed by atoms with Gasteiger partial charge in [0.1, 0.15) is 0 Å². The van der Waals surface area contributed by atoms with Gasteiger partial charge in [-0.1, -0.05) is 6.07 Å². The Labute approximate surface area is 181 Å². The van der Waals surface area contributed by atoms with E-state index in [0.29, 0.717) is 16.5 Å². The third kappa shape index (κ3) is 4.70. The largest absolute Gasteiger partial charge is 0.372 e. The number of sulfonamides is 1. The molecule has 0 unspecified atom stereocenters. The maximum absolute atomic E-state index is 13.2. The normalized spacial score (nSPS) is 15.6. The van der Waals surface area contributed by atoms with Crippen LogP contribution < -0.4 is 10.3 Å². The molecular weight excluding hydrogens is 418 g/mol. The molecule has 1 fully saturated rings. The summed E-state index contributed by atoms with van der Waals surface area (Å²) in [7, 11) is -1.94. The van der Waals surface area contributed by atoms with E-state index in [-0.39, 0.29) is 29.7 Å². The van der Waals surface area contributed by atoms with Gasteiger partial charge in [-0.05, 0) is 45.7 Å². The number of rotatable bonds is 8. The van der Waals surface area contributed by atoms with Crippen LogP contribution in [0.1, 0.15) is 44.9 Å². The second-order valence-electron chi connectivity index (χ2n) is 8.67. The first-order valence-corrected chi connectivity index (χ1v) is 11.7. The first kappa shape index (κ1) is 21.7. The molecule has 10 heteroatoms. The Bertz CT molecular complexity index is 1290. The summed E-state index contributed by atoms with van der Waals surface area (Å²) in [6, 6.07) is 4.59. The SMILES string of the molecule is CC(C)OCc1nn(Cc2cnn(C)c2)c(=O)c2cc(S(=O)(=O)NC3(C)CC3)ccc12. The molecule has 1 aromatic carbocycles. The lowest BCUT2D eigenvalue weighted by Gasteiger charge is -2.15. The third-order valence-electron chi connectivity index (χ3n) is 5.34. The van der Waals surface area contributed by atoms with Crippen LogP contribution in [-0.4, -0.2) is 39.6 Å². The Kier molecular flexibility index (Phi) is 5.48. The van der Waals surface area contributed by atoms with Crippen molar-refractivity contribution in [3.63, 3.8) is 0 Å². The van der Waals surface area contributed by atoms with Crippen molar-refractivity contribution in [1.82, 2.24) is 24.3 Å². The van der Waals surface area contributed by atoms with Crippen LogP contribution in [0, 0.1) is 0 Å². The van der Waals surface area contributed by atoms with Gasteiger partial charge < -0.3 is 4.74 Å². The van der Waals surface area contributed by atoms with Gasteiger partial charge in [0.05, 0.1) is 41.4 Å². The molecule has 1 aliphatic carbocycles. The van der Waals surface area contributed by atoms with Crippen molar-refractivity contribution in [3.05, 3.63) is 52.2 Å². The second-order valence-corrected chi connectivity index (χ2v) is 10.3. The Hall–Kier alpha value is -2.56. The molecule has 0 spiro atoms. The van der Waals surface area contributed by atoms with Crippen molar-refractivity contribution in [1.29, 1.82) is 0 Å². The molecule has 2 aromatic heterocycles. The Morgan fingerprint density at radius 2 is 2.00 bits per heavy atom. The van der Waals surface area contributed by atoms with E-state index in [1.807, 2.05) is 27.0 Å². The number of fused-ring (bicyclic) bond motifs is 1. The van der Waals surface area contributed by atoms with E-state index < -0.39 is 15.6 Å². The number of hydrogen-bond acceptors (Lipinski definition) is 6. The predicted octanol–water partition coefficient (Wildman–Crippen LogP) is 1.93. The van der Waals surface area contributed by atoms with Gasteiger partial charge in [-0.25, -0.2) is 17.8 Å². The molecule has 31 heavy (non-hydrogen) atoms. The lowest BCUT2D eigenvalue weighted by Crippen LogP contribution is -2.34. The number of benzene rings is 1. The van der Waals surface area contributed by atoms with Gasteiger partial charge in [-0.15, -0.1) is 0 Å². The minimum atomic E-state index is -3.73. The number of ether oxygens (including phenoxy) is 1. The topological polar surface area (TPSA) is 108 Å². The summed E-state index contributed by atoms with van der Waals surface area (Å²) in [5.41, 5.74) is 0.641. The molecule has 166 valence electrons. The maximum Gasteiger partial charge on any atom is 0.275 e. The molecule has 0 radical (unpaired) electrons. The summed E-state index contributed by atoms with van der Waals surface area (Å²) >= 11 is 0. The van der Waals surface area contributed by atoms with Crippen molar-refractivity contribution in [2.75, 3.05) is 0 Å². The van der Waals surface area contributed by atoms with Crippen LogP contribution in [0.25, 0.3) is 10.8 Å². The first-order chi connectivity index (χ1) is 14.6. The van der Waals surface area contributed by atoms with Crippen molar-refractivity contribution in [2.24, 2.45) is 7.05 Å². The molecular formula is C21H27N5O4S. The summed E-state index contributed by atoms with van der Waals surface area (Å²) in [6.45, 7) is 6.15. The average molecular weight is 446 g/mol. The van der Waals surface area contributed by atoms with Gasteiger partial charge in [0, 0.05) is 29.7 Å². The molecule has 0 aliphatic heterocycles. The van der Waals surface area contributed by atoms with Crippen molar-refractivity contribution < 1.29 is 13.2 Å². The second kappa shape index (κ2) is 7.85. The highest BCUT2D eigenvalue weighted by atomic mass is 32.2. The molecule has 0 saturated heterocycles. The number of aryl methyl sites for hydroxylation is 1. The fraction of sp³-hybridized carbons (Fsp3) is 0.476. The number of nitrogens with zero attached hydrogens (tertiary/aromatic N) is 4. The molecule has 9 nitrogen and oxygen atoms in total. The predicted molar refractivity (Wildman–Crippen MR) is 116 cm³/mol. The molecule has 0 amide bonds. The number of nitrogens with one attached hydrogen (secondary N) is 1. The third-order valence-corrected chi connectivity index (χ3v) is 6.98. The van der Waals surface area contributed by atoms with Crippen molar-refractivity contribution in [3.8, 4) is 0 Å². The summed E-state index contributed by atoms with van der Waals surface area (Å²) in [4.78, 5) is 13.3. The molecule has 1 N–H and O–H groups in total. The van der Waals surface area contributed by atoms with Crippen LogP contribution in [0.4, 0.5) is 0 Å². The highest BCUT2D eigenvalue weighted by molar-refractivity contribution is 7.89. The molecule has 0 bridgehead atoms. The van der Waals surface area contributed by atoms with Crippen LogP contribution in [-0.2, 0) is 35.0 Å². The number of hydrogen-bond donors (Lipinski definition) is 1. The maximum atomic E-state index is 13.2. The lowest BCUT2D eigenvalue weighted by atomic mass is 10.1. The zero-order valence-electron chi connectivity index (χ0n) is 18.1. The average Bonchev–Trinajstić information content (AvgIpc) is 3.27. The molecule has 4 rings (SSSR count). The standard InChI is InChI=1S/C21H27N5O4S/c1-14(2)30-13-19-17-6-5-16(31(28,29)24-21(3)7-8-21)9-18(17)20(27)26(23-19)12-15-10-22-25(4)11-15/h5-6,9-11,14,24H,7-8,12-13H2,1-4H3. The smallest absolute Gasteiger partial charge is 0.275 e. The van der Waals surface area contributed by atoms with Gasteiger partial charge in [-0.2, -0.15) is 10.2 Å². The number of aromatic nitrogens is 4. The fourth-order valence-electron chi connectivity index (χ4n) is 3.36. The van der Waals surface area contributed by atoms with Crippen molar-refractivity contribution >= 4 is 20.8 Å². The van der Waals surface area contributed by atoms with Gasteiger partial charge >= 0.3 is 0 Å². The van der Waals surface area contributed by atoms with E-state index in [1.54, 1.807) is 24.0 Å². The first-order valence-electron chi connectivity index (χ1n) is 10.2. The zero-order valence-corrected chi connectivity index (χ0v) is 18.9. The van der Waals surface area contributed by atoms with Crippen LogP contribution >= 0.6 is 0 Å². The minimum Gasteiger partial charge on any atom is -0.372 e. The Balaban J connectivity index is 1.81. The van der Waals surface area contributed by atoms with Crippen LogP contribution in [0.2, 0.25) is 0 Å². The molecule has 1 saturated carbocycles. The molecule has 3 aromatic rings. The Morgan fingerprint density at radius 1 is 1.26 bits per heavy atom. The van der Waals surface area contributed by atoms with E-state index in [4.69, 9.17) is 4.74 Å². The molecule has 0 atom stereocenters. The lowest BCUT2D eigenvalue weighted by molar-refractivity contribution is 0.0634. The van der Waals surface area contributed by atoms with Gasteiger partial charge in [0.25, 0.3) is 5.56 Å². The molecule has 2 heterocycles. The van der Waals surface area contributed by atoms with E-state index in [9.17, 15) is 13.2 Å². The highest BCUT2D eigenvalue weighted by Crippen LogP contribution is 2.36. The van der Waals surface area contributed by atoms with Crippen molar-refractivity contribution in [2.45, 2.75) is 63.3 Å². The minimum absolute atomic E-state index is 0.0151. The van der Waals surface area contributed by atoms with Crippen LogP contribution in [0.3, 0.4) is 0 Å². The Morgan fingerprint density at radius 3 is 2.61 bits per heavy atom. The quantitative estimate of drug-likeness (QED) is 0.568. The highest BCUT2D eigenvalue weighted by Gasteiger charge is 2.41. The van der Waals surface area contributed by atoms with Crippen LogP contribution in [0.5, 0.6) is 0 Å². The summed E-state index contributed by atoms with van der Waals surface area (Å²) < 4.78 is 37.2.